The van der Waals surface area contributed by atoms with Gasteiger partial charge in [-0.25, -0.2) is 4.79 Å². The monoisotopic (exact) mass is 261 g/mol. The van der Waals surface area contributed by atoms with E-state index in [1.54, 1.807) is 18.8 Å². The van der Waals surface area contributed by atoms with Crippen LogP contribution in [-0.4, -0.2) is 29.7 Å². The second-order valence-corrected chi connectivity index (χ2v) is 5.02. The van der Waals surface area contributed by atoms with E-state index in [0.29, 0.717) is 0 Å². The summed E-state index contributed by atoms with van der Waals surface area (Å²) in [6.07, 6.45) is 0. The maximum Gasteiger partial charge on any atom is 0.324 e. The van der Waals surface area contributed by atoms with Crippen molar-refractivity contribution in [2.75, 3.05) is 18.6 Å². The summed E-state index contributed by atoms with van der Waals surface area (Å²) in [4.78, 5) is 10.8. The summed E-state index contributed by atoms with van der Waals surface area (Å²) in [5.41, 5.74) is 0.965. The molecule has 0 fully saturated rings. The first-order valence-corrected chi connectivity index (χ1v) is 6.96. The maximum atomic E-state index is 10.8. The van der Waals surface area contributed by atoms with Crippen LogP contribution in [0.1, 0.15) is 11.5 Å². The molecule has 2 N–H and O–H groups in total. The smallest absolute Gasteiger partial charge is 0.324 e. The minimum absolute atomic E-state index is 0.165. The predicted octanol–water partition coefficient (Wildman–Crippen LogP) is 1.79. The highest BCUT2D eigenvalue weighted by Gasteiger charge is 2.00. The van der Waals surface area contributed by atoms with E-state index < -0.39 is 0 Å². The third-order valence-electron chi connectivity index (χ3n) is 1.65. The van der Waals surface area contributed by atoms with Crippen LogP contribution in [-0.2, 0) is 5.75 Å². The van der Waals surface area contributed by atoms with Crippen LogP contribution < -0.4 is 10.0 Å². The fourth-order valence-corrected chi connectivity index (χ4v) is 2.56. The zero-order valence-electron chi connectivity index (χ0n) is 9.28. The molecule has 0 unspecified atom stereocenters. The summed E-state index contributed by atoms with van der Waals surface area (Å²) >= 11 is 3.16. The van der Waals surface area contributed by atoms with Crippen LogP contribution in [0.2, 0.25) is 0 Å². The van der Waals surface area contributed by atoms with Gasteiger partial charge in [0, 0.05) is 30.4 Å². The van der Waals surface area contributed by atoms with Gasteiger partial charge in [0.05, 0.1) is 5.69 Å². The van der Waals surface area contributed by atoms with Gasteiger partial charge < -0.3 is 9.84 Å². The number of urea groups is 1. The molecule has 0 aliphatic rings. The predicted molar refractivity (Wildman–Crippen MR) is 67.5 cm³/mol. The maximum absolute atomic E-state index is 10.8. The Bertz CT molecular complexity index is 330. The molecule has 1 rings (SSSR count). The molecule has 0 bridgehead atoms. The number of nitrogens with one attached hydrogen (secondary N) is 2. The van der Waals surface area contributed by atoms with Gasteiger partial charge in [-0.05, 0) is 18.9 Å². The van der Waals surface area contributed by atoms with Gasteiger partial charge in [-0.1, -0.05) is 5.16 Å². The number of amides is 2. The summed E-state index contributed by atoms with van der Waals surface area (Å²) < 4.78 is 7.61. The lowest BCUT2D eigenvalue weighted by atomic mass is 10.4. The first kappa shape index (κ1) is 13.2. The van der Waals surface area contributed by atoms with Crippen molar-refractivity contribution in [1.82, 2.24) is 15.2 Å². The van der Waals surface area contributed by atoms with Gasteiger partial charge in [0.15, 0.2) is 0 Å². The average molecular weight is 261 g/mol. The number of nitrogens with zero attached hydrogens (tertiary/aromatic N) is 1. The lowest BCUT2D eigenvalue weighted by Gasteiger charge is -2.02. The van der Waals surface area contributed by atoms with Crippen molar-refractivity contribution in [1.29, 1.82) is 0 Å². The molecule has 16 heavy (non-hydrogen) atoms. The van der Waals surface area contributed by atoms with Crippen molar-refractivity contribution in [2.45, 2.75) is 12.7 Å². The zero-order valence-corrected chi connectivity index (χ0v) is 10.9. The number of aromatic nitrogens is 1. The lowest BCUT2D eigenvalue weighted by molar-refractivity contribution is 0.248. The standard InChI is InChI=1S/C9H15N3O2S2/c1-7-5-8(11-14-7)6-15-3-4-16-12-9(13)10-2/h5H,3-4,6H2,1-2H3,(H2,10,12,13). The first-order valence-electron chi connectivity index (χ1n) is 4.82. The van der Waals surface area contributed by atoms with E-state index in [1.165, 1.54) is 11.9 Å². The number of hydrogen-bond donors (Lipinski definition) is 2. The van der Waals surface area contributed by atoms with Crippen LogP contribution in [0.3, 0.4) is 0 Å². The van der Waals surface area contributed by atoms with E-state index in [1.807, 2.05) is 13.0 Å². The zero-order chi connectivity index (χ0) is 11.8. The molecule has 1 heterocycles. The Morgan fingerprint density at radius 1 is 1.56 bits per heavy atom. The third-order valence-corrected chi connectivity index (χ3v) is 3.64. The van der Waals surface area contributed by atoms with Crippen molar-refractivity contribution >= 4 is 29.7 Å². The van der Waals surface area contributed by atoms with E-state index >= 15 is 0 Å². The molecular formula is C9H15N3O2S2. The minimum Gasteiger partial charge on any atom is -0.361 e. The van der Waals surface area contributed by atoms with Crippen molar-refractivity contribution in [3.63, 3.8) is 0 Å². The molecule has 1 aromatic rings. The van der Waals surface area contributed by atoms with E-state index in [2.05, 4.69) is 15.2 Å². The molecule has 0 saturated heterocycles. The molecule has 0 spiro atoms. The fourth-order valence-electron chi connectivity index (χ4n) is 0.931. The molecule has 0 aliphatic heterocycles. The van der Waals surface area contributed by atoms with Crippen LogP contribution in [0.5, 0.6) is 0 Å². The van der Waals surface area contributed by atoms with Gasteiger partial charge >= 0.3 is 6.03 Å². The van der Waals surface area contributed by atoms with Gasteiger partial charge in [-0.3, -0.25) is 4.72 Å². The van der Waals surface area contributed by atoms with Gasteiger partial charge in [0.25, 0.3) is 0 Å². The SMILES string of the molecule is CNC(=O)NSCCSCc1cc(C)on1. The Hall–Kier alpha value is -0.820. The third kappa shape index (κ3) is 5.32. The van der Waals surface area contributed by atoms with Crippen LogP contribution >= 0.6 is 23.7 Å². The topological polar surface area (TPSA) is 67.2 Å². The molecule has 0 radical (unpaired) electrons. The Morgan fingerprint density at radius 2 is 2.38 bits per heavy atom. The minimum atomic E-state index is -0.165. The van der Waals surface area contributed by atoms with Gasteiger partial charge in [-0.2, -0.15) is 11.8 Å². The molecule has 90 valence electrons. The van der Waals surface area contributed by atoms with Crippen LogP contribution in [0, 0.1) is 6.92 Å². The molecular weight excluding hydrogens is 246 g/mol. The van der Waals surface area contributed by atoms with Crippen LogP contribution in [0.25, 0.3) is 0 Å². The Labute approximate surface area is 103 Å². The Morgan fingerprint density at radius 3 is 3.00 bits per heavy atom. The Balaban J connectivity index is 1.98. The molecule has 1 aromatic heterocycles. The van der Waals surface area contributed by atoms with Crippen molar-refractivity contribution in [3.8, 4) is 0 Å². The molecule has 0 atom stereocenters. The van der Waals surface area contributed by atoms with E-state index in [-0.39, 0.29) is 6.03 Å². The molecule has 5 nitrogen and oxygen atoms in total. The summed E-state index contributed by atoms with van der Waals surface area (Å²) in [6.45, 7) is 1.88. The van der Waals surface area contributed by atoms with Crippen molar-refractivity contribution < 1.29 is 9.32 Å². The van der Waals surface area contributed by atoms with Gasteiger partial charge in [-0.15, -0.1) is 0 Å². The highest BCUT2D eigenvalue weighted by molar-refractivity contribution is 8.01. The quantitative estimate of drug-likeness (QED) is 0.603. The molecule has 2 amide bonds. The summed E-state index contributed by atoms with van der Waals surface area (Å²) in [5, 5.41) is 6.38. The lowest BCUT2D eigenvalue weighted by Crippen LogP contribution is -2.27. The number of hydrogen-bond acceptors (Lipinski definition) is 5. The van der Waals surface area contributed by atoms with E-state index in [0.717, 1.165) is 28.7 Å². The normalized spacial score (nSPS) is 10.1. The second kappa shape index (κ2) is 7.45. The first-order chi connectivity index (χ1) is 7.72. The number of rotatable bonds is 6. The second-order valence-electron chi connectivity index (χ2n) is 3.01. The van der Waals surface area contributed by atoms with Crippen molar-refractivity contribution in [2.24, 2.45) is 0 Å². The number of carbonyl (C=O) groups is 1. The molecule has 0 aromatic carbocycles. The number of thioether (sulfide) groups is 1. The number of carbonyl (C=O) groups excluding carboxylic acids is 1. The number of aryl methyl sites for hydroxylation is 1. The van der Waals surface area contributed by atoms with E-state index in [9.17, 15) is 4.79 Å². The van der Waals surface area contributed by atoms with Gasteiger partial charge in [0.2, 0.25) is 0 Å². The Kier molecular flexibility index (Phi) is 6.17. The van der Waals surface area contributed by atoms with E-state index in [4.69, 9.17) is 4.52 Å². The summed E-state index contributed by atoms with van der Waals surface area (Å²) in [6, 6.07) is 1.77. The van der Waals surface area contributed by atoms with Crippen LogP contribution in [0.4, 0.5) is 4.79 Å². The van der Waals surface area contributed by atoms with Crippen molar-refractivity contribution in [3.05, 3.63) is 17.5 Å². The van der Waals surface area contributed by atoms with Crippen LogP contribution in [0.15, 0.2) is 10.6 Å². The molecule has 7 heteroatoms. The largest absolute Gasteiger partial charge is 0.361 e. The highest BCUT2D eigenvalue weighted by atomic mass is 32.2. The average Bonchev–Trinajstić information content (AvgIpc) is 2.69. The fraction of sp³-hybridized carbons (Fsp3) is 0.556. The summed E-state index contributed by atoms with van der Waals surface area (Å²) in [7, 11) is 1.59. The summed E-state index contributed by atoms with van der Waals surface area (Å²) in [5.74, 6) is 3.51. The molecule has 0 aliphatic carbocycles. The highest BCUT2D eigenvalue weighted by Crippen LogP contribution is 2.13. The molecule has 0 saturated carbocycles. The van der Waals surface area contributed by atoms with Gasteiger partial charge in [0.1, 0.15) is 5.76 Å².